The van der Waals surface area contributed by atoms with E-state index in [0.29, 0.717) is 0 Å². The van der Waals surface area contributed by atoms with E-state index in [9.17, 15) is 0 Å². The van der Waals surface area contributed by atoms with E-state index in [1.165, 1.54) is 90.2 Å². The number of benzene rings is 6. The Bertz CT molecular complexity index is 2870. The van der Waals surface area contributed by atoms with E-state index >= 15 is 0 Å². The Kier molecular flexibility index (Phi) is 9.46. The first-order chi connectivity index (χ1) is 27.1. The fourth-order valence-corrected chi connectivity index (χ4v) is 8.72. The van der Waals surface area contributed by atoms with Crippen molar-refractivity contribution in [1.29, 1.82) is 0 Å². The summed E-state index contributed by atoms with van der Waals surface area (Å²) < 4.78 is 6.29. The van der Waals surface area contributed by atoms with Crippen LogP contribution >= 0.6 is 0 Å². The van der Waals surface area contributed by atoms with Crippen molar-refractivity contribution >= 4 is 49.9 Å². The van der Waals surface area contributed by atoms with Gasteiger partial charge in [0.25, 0.3) is 0 Å². The Morgan fingerprint density at radius 1 is 0.655 bits per heavy atom. The minimum Gasteiger partial charge on any atom is -0.456 e. The van der Waals surface area contributed by atoms with Gasteiger partial charge in [-0.05, 0) is 137 Å². The molecule has 0 saturated heterocycles. The largest absolute Gasteiger partial charge is 0.456 e. The number of aromatic nitrogens is 2. The number of nitrogens with zero attached hydrogens (tertiary/aromatic N) is 2. The van der Waals surface area contributed by atoms with Crippen molar-refractivity contribution in [2.45, 2.75) is 65.7 Å². The van der Waals surface area contributed by atoms with Crippen LogP contribution in [0.5, 0.6) is 0 Å². The zero-order valence-electron chi connectivity index (χ0n) is 32.0. The Balaban J connectivity index is 0.000000197. The lowest BCUT2D eigenvalue weighted by atomic mass is 9.84. The molecule has 0 spiro atoms. The van der Waals surface area contributed by atoms with Gasteiger partial charge in [0.15, 0.2) is 5.82 Å². The zero-order valence-corrected chi connectivity index (χ0v) is 32.0. The predicted octanol–water partition coefficient (Wildman–Crippen LogP) is 12.5. The van der Waals surface area contributed by atoms with E-state index in [1.54, 1.807) is 0 Å². The highest BCUT2D eigenvalue weighted by atomic mass is 16.3. The molecule has 0 radical (unpaired) electrons. The summed E-state index contributed by atoms with van der Waals surface area (Å²) in [5, 5.41) is 7.88. The lowest BCUT2D eigenvalue weighted by Gasteiger charge is -2.21. The molecule has 3 heteroatoms. The fraction of sp³-hybridized carbons (Fsp3) is 0.192. The first kappa shape index (κ1) is 34.7. The maximum atomic E-state index is 6.29. The molecule has 3 nitrogen and oxygen atoms in total. The van der Waals surface area contributed by atoms with Crippen molar-refractivity contribution in [2.75, 3.05) is 0 Å². The van der Waals surface area contributed by atoms with E-state index in [4.69, 9.17) is 14.4 Å². The maximum absolute atomic E-state index is 6.29. The van der Waals surface area contributed by atoms with Crippen LogP contribution in [-0.2, 0) is 6.42 Å². The van der Waals surface area contributed by atoms with Crippen molar-refractivity contribution in [1.82, 2.24) is 9.97 Å². The van der Waals surface area contributed by atoms with Gasteiger partial charge in [-0.1, -0.05) is 129 Å². The smallest absolute Gasteiger partial charge is 0.160 e. The molecular weight excluding hydrogens is 669 g/mol. The highest BCUT2D eigenvalue weighted by Gasteiger charge is 2.21. The lowest BCUT2D eigenvalue weighted by molar-refractivity contribution is 0.669. The molecular formula is C52H46N2O. The summed E-state index contributed by atoms with van der Waals surface area (Å²) in [6.07, 6.45) is 15.0. The van der Waals surface area contributed by atoms with Crippen LogP contribution in [0.4, 0.5) is 0 Å². The molecule has 0 unspecified atom stereocenters. The number of unbranched alkanes of at least 4 members (excludes halogenated alkanes) is 1. The van der Waals surface area contributed by atoms with E-state index in [0.717, 1.165) is 59.6 Å². The number of rotatable bonds is 7. The number of fused-ring (bicyclic) bond motifs is 3. The van der Waals surface area contributed by atoms with E-state index in [-0.39, 0.29) is 0 Å². The molecule has 0 saturated carbocycles. The molecule has 0 amide bonds. The van der Waals surface area contributed by atoms with Crippen molar-refractivity contribution in [2.24, 2.45) is 0 Å². The van der Waals surface area contributed by atoms with Gasteiger partial charge in [0.1, 0.15) is 11.2 Å². The van der Waals surface area contributed by atoms with Crippen LogP contribution in [0.25, 0.3) is 72.4 Å². The van der Waals surface area contributed by atoms with Gasteiger partial charge in [0.2, 0.25) is 0 Å². The van der Waals surface area contributed by atoms with Crippen LogP contribution in [0.2, 0.25) is 0 Å². The summed E-state index contributed by atoms with van der Waals surface area (Å²) in [6.45, 7) is 6.49. The first-order valence-corrected chi connectivity index (χ1v) is 19.9. The monoisotopic (exact) mass is 714 g/mol. The molecule has 6 aromatic carbocycles. The molecule has 0 bridgehead atoms. The molecule has 2 aromatic heterocycles. The Labute approximate surface area is 323 Å². The number of aryl methyl sites for hydroxylation is 3. The third-order valence-corrected chi connectivity index (χ3v) is 11.3. The van der Waals surface area contributed by atoms with E-state index < -0.39 is 0 Å². The standard InChI is InChI=1S/C35H26N2O.C17H20/c1-21-19-29(37-35(36-21)22-9-3-2-4-10-22)24-12-5-11-23(20-24)25-13-6-14-26-27-15-7-17-30-33(27)34-28(32(25)26)16-8-18-31(34)38-30;1-3-4-10-15-11-6-8-13-17(15)16-12-7-5-9-14(16)2/h2-4,7-10,12,14-20H,5-6,11,13H2,1H3;5-9,11-13H,3-4,10H2,1-2H3. The highest BCUT2D eigenvalue weighted by Crippen LogP contribution is 2.37. The summed E-state index contributed by atoms with van der Waals surface area (Å²) in [7, 11) is 0. The van der Waals surface area contributed by atoms with Gasteiger partial charge in [-0.25, -0.2) is 9.97 Å². The molecule has 2 heterocycles. The molecule has 0 fully saturated rings. The van der Waals surface area contributed by atoms with Crippen molar-refractivity contribution in [3.63, 3.8) is 0 Å². The van der Waals surface area contributed by atoms with Crippen LogP contribution in [0.15, 0.2) is 143 Å². The molecule has 0 atom stereocenters. The predicted molar refractivity (Wildman–Crippen MR) is 231 cm³/mol. The second-order valence-electron chi connectivity index (χ2n) is 15.0. The lowest BCUT2D eigenvalue weighted by Crippen LogP contribution is -2.32. The maximum Gasteiger partial charge on any atom is 0.160 e. The summed E-state index contributed by atoms with van der Waals surface area (Å²) >= 11 is 0. The average molecular weight is 715 g/mol. The van der Waals surface area contributed by atoms with Crippen LogP contribution in [0.3, 0.4) is 0 Å². The van der Waals surface area contributed by atoms with E-state index in [2.05, 4.69) is 142 Å². The topological polar surface area (TPSA) is 38.9 Å². The van der Waals surface area contributed by atoms with Crippen molar-refractivity contribution in [3.8, 4) is 22.5 Å². The van der Waals surface area contributed by atoms with Crippen LogP contribution in [0.1, 0.15) is 68.0 Å². The summed E-state index contributed by atoms with van der Waals surface area (Å²) in [5.41, 5.74) is 14.7. The molecule has 0 N–H and O–H groups in total. The molecule has 2 aliphatic rings. The second kappa shape index (κ2) is 15.0. The molecule has 55 heavy (non-hydrogen) atoms. The van der Waals surface area contributed by atoms with Crippen molar-refractivity contribution in [3.05, 3.63) is 172 Å². The van der Waals surface area contributed by atoms with Gasteiger partial charge in [0, 0.05) is 22.0 Å². The molecule has 8 aromatic rings. The Morgan fingerprint density at radius 2 is 1.36 bits per heavy atom. The average Bonchev–Trinajstić information content (AvgIpc) is 3.63. The molecule has 270 valence electrons. The normalized spacial score (nSPS) is 14.0. The third kappa shape index (κ3) is 6.59. The molecule has 10 rings (SSSR count). The van der Waals surface area contributed by atoms with Gasteiger partial charge >= 0.3 is 0 Å². The van der Waals surface area contributed by atoms with Gasteiger partial charge in [-0.3, -0.25) is 0 Å². The number of hydrogen-bond donors (Lipinski definition) is 0. The van der Waals surface area contributed by atoms with Gasteiger partial charge < -0.3 is 4.42 Å². The summed E-state index contributed by atoms with van der Waals surface area (Å²) in [6, 6.07) is 42.8. The summed E-state index contributed by atoms with van der Waals surface area (Å²) in [5.74, 6) is 0.784. The highest BCUT2D eigenvalue weighted by molar-refractivity contribution is 6.22. The van der Waals surface area contributed by atoms with Crippen LogP contribution in [0, 0.1) is 13.8 Å². The van der Waals surface area contributed by atoms with Crippen LogP contribution in [-0.4, -0.2) is 9.97 Å². The molecule has 2 aliphatic carbocycles. The zero-order chi connectivity index (χ0) is 37.3. The van der Waals surface area contributed by atoms with E-state index in [1.807, 2.05) is 18.2 Å². The van der Waals surface area contributed by atoms with Gasteiger partial charge in [-0.15, -0.1) is 0 Å². The second-order valence-corrected chi connectivity index (χ2v) is 15.0. The summed E-state index contributed by atoms with van der Waals surface area (Å²) in [4.78, 5) is 9.74. The first-order valence-electron chi connectivity index (χ1n) is 19.9. The number of hydrogen-bond acceptors (Lipinski definition) is 3. The molecule has 0 aliphatic heterocycles. The SMILES string of the molecule is CCCCc1ccccc1-c1ccccc1C.Cc1cc(C2=CCCC(C3=c4c(c5cccc6oc7cccc4c7c65)=CCC3)=C2)nc(-c2ccccc2)n1. The van der Waals surface area contributed by atoms with Crippen LogP contribution < -0.4 is 10.4 Å². The Hall–Kier alpha value is -6.06. The minimum absolute atomic E-state index is 0.784. The van der Waals surface area contributed by atoms with Gasteiger partial charge in [-0.2, -0.15) is 0 Å². The number of allylic oxidation sites excluding steroid dienone is 4. The van der Waals surface area contributed by atoms with Crippen molar-refractivity contribution < 1.29 is 4.42 Å². The minimum atomic E-state index is 0.784. The van der Waals surface area contributed by atoms with Gasteiger partial charge in [0.05, 0.1) is 5.69 Å². The quantitative estimate of drug-likeness (QED) is 0.154. The number of furan rings is 1. The third-order valence-electron chi connectivity index (χ3n) is 11.3. The fourth-order valence-electron chi connectivity index (χ4n) is 8.72. The Morgan fingerprint density at radius 3 is 2.16 bits per heavy atom.